The van der Waals surface area contributed by atoms with Crippen LogP contribution in [-0.4, -0.2) is 16.1 Å². The lowest BCUT2D eigenvalue weighted by molar-refractivity contribution is 0.382. The molecule has 0 aromatic heterocycles. The van der Waals surface area contributed by atoms with Crippen LogP contribution in [-0.2, 0) is 10.8 Å². The Morgan fingerprint density at radius 3 is 0.895 bits per heavy atom. The van der Waals surface area contributed by atoms with E-state index < -0.39 is 24.8 Å². The van der Waals surface area contributed by atoms with E-state index in [1.54, 1.807) is 0 Å². The van der Waals surface area contributed by atoms with E-state index >= 15 is 0 Å². The van der Waals surface area contributed by atoms with E-state index in [9.17, 15) is 0 Å². The Bertz CT molecular complexity index is 3420. The van der Waals surface area contributed by atoms with Gasteiger partial charge in [0.15, 0.2) is 33.4 Å². The molecule has 1 heterocycles. The number of fused-ring (bicyclic) bond motifs is 7. The molecule has 0 spiro atoms. The van der Waals surface area contributed by atoms with E-state index in [0.717, 1.165) is 71.4 Å². The summed E-state index contributed by atoms with van der Waals surface area (Å²) in [4.78, 5) is 0. The van der Waals surface area contributed by atoms with Gasteiger partial charge in [0.25, 0.3) is 0 Å². The third-order valence-corrected chi connectivity index (χ3v) is 26.2. The van der Waals surface area contributed by atoms with Gasteiger partial charge in [-0.15, -0.1) is 0 Å². The molecule has 0 unspecified atom stereocenters. The average Bonchev–Trinajstić information content (AvgIpc) is 3.84. The molecule has 0 bridgehead atoms. The molecule has 12 rings (SSSR count). The van der Waals surface area contributed by atoms with Crippen molar-refractivity contribution < 1.29 is 13.6 Å². The minimum absolute atomic E-state index is 0.270. The van der Waals surface area contributed by atoms with Crippen LogP contribution in [0.25, 0.3) is 32.7 Å². The molecular formula is C70H62O3PSi2+. The van der Waals surface area contributed by atoms with E-state index in [-0.39, 0.29) is 10.8 Å². The van der Waals surface area contributed by atoms with Crippen molar-refractivity contribution in [2.45, 2.75) is 52.4 Å². The zero-order valence-electron chi connectivity index (χ0n) is 44.1. The normalized spacial score (nSPS) is 13.0. The van der Waals surface area contributed by atoms with Crippen LogP contribution in [0, 0.1) is 0 Å². The molecule has 76 heavy (non-hydrogen) atoms. The van der Waals surface area contributed by atoms with Gasteiger partial charge in [0.2, 0.25) is 0 Å². The summed E-state index contributed by atoms with van der Waals surface area (Å²) >= 11 is 0. The van der Waals surface area contributed by atoms with Crippen LogP contribution in [0.5, 0.6) is 17.2 Å². The van der Waals surface area contributed by atoms with E-state index in [1.165, 1.54) is 31.1 Å². The Kier molecular flexibility index (Phi) is 12.7. The molecule has 6 heteroatoms. The largest absolute Gasteiger partial charge is 0.528 e. The monoisotopic (exact) mass is 1040 g/mol. The highest BCUT2D eigenvalue weighted by Gasteiger charge is 2.51. The summed E-state index contributed by atoms with van der Waals surface area (Å²) < 4.78 is 24.1. The van der Waals surface area contributed by atoms with Crippen molar-refractivity contribution in [3.05, 3.63) is 272 Å². The minimum Gasteiger partial charge on any atom is -0.272 e. The van der Waals surface area contributed by atoms with Gasteiger partial charge in [-0.1, -0.05) is 302 Å². The molecule has 0 radical (unpaired) electrons. The van der Waals surface area contributed by atoms with Crippen LogP contribution in [0.15, 0.2) is 261 Å². The van der Waals surface area contributed by atoms with Crippen LogP contribution < -0.4 is 55.1 Å². The van der Waals surface area contributed by atoms with Crippen molar-refractivity contribution in [2.24, 2.45) is 0 Å². The van der Waals surface area contributed by atoms with Crippen molar-refractivity contribution in [3.63, 3.8) is 0 Å². The fourth-order valence-electron chi connectivity index (χ4n) is 12.1. The molecule has 0 amide bonds. The van der Waals surface area contributed by atoms with Gasteiger partial charge < -0.3 is 0 Å². The third kappa shape index (κ3) is 8.30. The second-order valence-corrected chi connectivity index (χ2v) is 30.8. The molecule has 0 saturated carbocycles. The molecular weight excluding hydrogens is 976 g/mol. The zero-order chi connectivity index (χ0) is 52.1. The molecule has 3 nitrogen and oxygen atoms in total. The minimum atomic E-state index is -3.33. The lowest BCUT2D eigenvalue weighted by Crippen LogP contribution is -2.75. The summed E-state index contributed by atoms with van der Waals surface area (Å²) in [5, 5.41) is 14.2. The molecule has 0 atom stereocenters. The van der Waals surface area contributed by atoms with Crippen molar-refractivity contribution in [1.82, 2.24) is 0 Å². The standard InChI is InChI=1S/C70H62O3PSi2/c1-69(2,3)60-46-29-47-61(70(4,5)6)66(60)71-74-72-67-62(75(52-32-13-7-14-33-52,53-34-15-8-16-35-53)54-36-17-9-18-37-54)48-50-30-25-27-44-58(50)64(67)65-59-45-28-26-31-51(59)49-63(68(65)73-74)76(55-38-19-10-20-39-55,56-40-21-11-22-41-56)57-42-23-12-24-43-57/h7-49,74H,1-6H3/q+1. The van der Waals surface area contributed by atoms with Gasteiger partial charge in [-0.05, 0) is 63.5 Å². The van der Waals surface area contributed by atoms with Crippen LogP contribution >= 0.6 is 8.60 Å². The topological polar surface area (TPSA) is 27.7 Å². The molecule has 372 valence electrons. The number of rotatable bonds is 10. The molecule has 0 fully saturated rings. The summed E-state index contributed by atoms with van der Waals surface area (Å²) in [6.45, 7) is 13.6. The lowest BCUT2D eigenvalue weighted by atomic mass is 9.80. The Morgan fingerprint density at radius 2 is 0.605 bits per heavy atom. The highest BCUT2D eigenvalue weighted by molar-refractivity contribution is 7.43. The van der Waals surface area contributed by atoms with Crippen molar-refractivity contribution in [3.8, 4) is 28.4 Å². The molecule has 0 saturated heterocycles. The Hall–Kier alpha value is -7.80. The summed E-state index contributed by atoms with van der Waals surface area (Å²) in [5.41, 5.74) is 3.70. The van der Waals surface area contributed by atoms with Gasteiger partial charge in [-0.25, -0.2) is 0 Å². The van der Waals surface area contributed by atoms with E-state index in [4.69, 9.17) is 13.6 Å². The third-order valence-electron chi connectivity index (χ3n) is 15.5. The number of benzene rings is 11. The molecule has 1 aliphatic heterocycles. The smallest absolute Gasteiger partial charge is 0.272 e. The average molecular weight is 1040 g/mol. The Balaban J connectivity index is 1.32. The highest BCUT2D eigenvalue weighted by Crippen LogP contribution is 2.57. The van der Waals surface area contributed by atoms with E-state index in [2.05, 4.69) is 302 Å². The molecule has 11 aromatic carbocycles. The zero-order valence-corrected chi connectivity index (χ0v) is 47.1. The van der Waals surface area contributed by atoms with Gasteiger partial charge in [0.1, 0.15) is 0 Å². The fourth-order valence-corrected chi connectivity index (χ4v) is 23.4. The molecule has 0 N–H and O–H groups in total. The van der Waals surface area contributed by atoms with E-state index in [0.29, 0.717) is 0 Å². The van der Waals surface area contributed by atoms with Gasteiger partial charge in [0, 0.05) is 32.6 Å². The summed E-state index contributed by atoms with van der Waals surface area (Å²) in [5.74, 6) is 2.42. The Morgan fingerprint density at radius 1 is 0.329 bits per heavy atom. The van der Waals surface area contributed by atoms with Gasteiger partial charge in [0.05, 0.1) is 0 Å². The van der Waals surface area contributed by atoms with Gasteiger partial charge in [-0.2, -0.15) is 0 Å². The maximum absolute atomic E-state index is 8.13. The van der Waals surface area contributed by atoms with Crippen molar-refractivity contribution in [2.75, 3.05) is 0 Å². The van der Waals surface area contributed by atoms with Crippen molar-refractivity contribution in [1.29, 1.82) is 0 Å². The first kappa shape index (κ1) is 49.1. The second kappa shape index (κ2) is 19.7. The lowest BCUT2D eigenvalue weighted by Gasteiger charge is -2.36. The maximum Gasteiger partial charge on any atom is 0.528 e. The van der Waals surface area contributed by atoms with Gasteiger partial charge in [-0.3, -0.25) is 13.6 Å². The SMILES string of the molecule is CC(C)(C)c1cccc(C(C)(C)C)c1O[PH+]1Oc2c([Si](c3ccccc3)(c3ccccc3)c3ccccc3)cc3ccccc3c2-c2c(c([Si](c3ccccc3)(c3ccccc3)c3ccccc3)cc3ccccc23)O1. The second-order valence-electron chi connectivity index (χ2n) is 22.1. The van der Waals surface area contributed by atoms with Crippen LogP contribution in [0.3, 0.4) is 0 Å². The van der Waals surface area contributed by atoms with Crippen LogP contribution in [0.2, 0.25) is 0 Å². The van der Waals surface area contributed by atoms with Gasteiger partial charge >= 0.3 is 8.60 Å². The summed E-state index contributed by atoms with van der Waals surface area (Å²) in [6, 6.07) is 96.4. The van der Waals surface area contributed by atoms with E-state index in [1.807, 2.05) is 0 Å². The first-order valence-electron chi connectivity index (χ1n) is 26.5. The molecule has 11 aromatic rings. The number of hydrogen-bond acceptors (Lipinski definition) is 3. The highest BCUT2D eigenvalue weighted by atomic mass is 31.2. The summed E-state index contributed by atoms with van der Waals surface area (Å²) in [7, 11) is -9.53. The molecule has 0 aliphatic carbocycles. The first-order valence-corrected chi connectivity index (χ1v) is 31.7. The maximum atomic E-state index is 8.13. The van der Waals surface area contributed by atoms with Crippen LogP contribution in [0.1, 0.15) is 52.7 Å². The predicted octanol–water partition coefficient (Wildman–Crippen LogP) is 12.8. The number of hydrogen-bond donors (Lipinski definition) is 0. The Labute approximate surface area is 451 Å². The molecule has 1 aliphatic rings. The van der Waals surface area contributed by atoms with Crippen molar-refractivity contribution >= 4 is 87.8 Å². The summed E-state index contributed by atoms with van der Waals surface area (Å²) in [6.07, 6.45) is 0. The quantitative estimate of drug-likeness (QED) is 0.0776. The predicted molar refractivity (Wildman–Crippen MR) is 328 cm³/mol. The van der Waals surface area contributed by atoms with Crippen LogP contribution in [0.4, 0.5) is 0 Å². The first-order chi connectivity index (χ1) is 37.0. The fraction of sp³-hybridized carbons (Fsp3) is 0.114. The number of para-hydroxylation sites is 1.